The fourth-order valence-corrected chi connectivity index (χ4v) is 5.81. The van der Waals surface area contributed by atoms with E-state index in [1.807, 2.05) is 6.92 Å². The highest BCUT2D eigenvalue weighted by Crippen LogP contribution is 2.30. The monoisotopic (exact) mass is 569 g/mol. The minimum Gasteiger partial charge on any atom is -0.495 e. The molecule has 2 aromatic rings. The summed E-state index contributed by atoms with van der Waals surface area (Å²) in [5.74, 6) is -0.418. The van der Waals surface area contributed by atoms with Crippen molar-refractivity contribution in [1.82, 2.24) is 10.2 Å². The lowest BCUT2D eigenvalue weighted by Gasteiger charge is -2.33. The summed E-state index contributed by atoms with van der Waals surface area (Å²) in [5, 5.41) is 3.73. The number of carbonyl (C=O) groups is 2. The minimum absolute atomic E-state index is 0.0517. The van der Waals surface area contributed by atoms with Gasteiger partial charge < -0.3 is 15.0 Å². The van der Waals surface area contributed by atoms with E-state index in [0.717, 1.165) is 36.2 Å². The number of hydrogen-bond donors (Lipinski definition) is 1. The van der Waals surface area contributed by atoms with E-state index in [0.29, 0.717) is 22.8 Å². The summed E-state index contributed by atoms with van der Waals surface area (Å²) < 4.78 is 31.6. The standard InChI is InChI=1S/C26H33Cl2N3O5S/c1-4-23(26(33)29-19-10-6-7-11-19)30(16-18-9-5-8-12-21(18)27)25(32)17-31(37(3,34)35)20-13-14-24(36-2)22(28)15-20/h5,8-9,12-15,19,23H,4,6-7,10-11,16-17H2,1-3H3,(H,29,33). The molecule has 0 radical (unpaired) electrons. The number of hydrogen-bond acceptors (Lipinski definition) is 5. The van der Waals surface area contributed by atoms with Gasteiger partial charge >= 0.3 is 0 Å². The number of rotatable bonds is 11. The number of ether oxygens (including phenoxy) is 1. The molecule has 0 aromatic heterocycles. The van der Waals surface area contributed by atoms with Gasteiger partial charge in [0.05, 0.1) is 24.1 Å². The van der Waals surface area contributed by atoms with Crippen molar-refractivity contribution in [2.24, 2.45) is 0 Å². The van der Waals surface area contributed by atoms with Gasteiger partial charge in [0.2, 0.25) is 21.8 Å². The quantitative estimate of drug-likeness (QED) is 0.425. The SMILES string of the molecule is CCC(C(=O)NC1CCCC1)N(Cc1ccccc1Cl)C(=O)CN(c1ccc(OC)c(Cl)c1)S(C)(=O)=O. The van der Waals surface area contributed by atoms with Crippen LogP contribution in [0.3, 0.4) is 0 Å². The Morgan fingerprint density at radius 2 is 1.78 bits per heavy atom. The molecule has 37 heavy (non-hydrogen) atoms. The van der Waals surface area contributed by atoms with E-state index in [1.54, 1.807) is 24.3 Å². The van der Waals surface area contributed by atoms with Crippen LogP contribution in [0.15, 0.2) is 42.5 Å². The molecule has 0 bridgehead atoms. The molecule has 1 aliphatic carbocycles. The van der Waals surface area contributed by atoms with Gasteiger partial charge in [-0.05, 0) is 49.1 Å². The van der Waals surface area contributed by atoms with Gasteiger partial charge in [-0.15, -0.1) is 0 Å². The molecule has 1 saturated carbocycles. The van der Waals surface area contributed by atoms with Crippen molar-refractivity contribution >= 4 is 50.7 Å². The number of halogens is 2. The van der Waals surface area contributed by atoms with Crippen LogP contribution in [0.5, 0.6) is 5.75 Å². The molecule has 202 valence electrons. The van der Waals surface area contributed by atoms with Gasteiger partial charge in [0.25, 0.3) is 0 Å². The predicted molar refractivity (Wildman–Crippen MR) is 147 cm³/mol. The highest BCUT2D eigenvalue weighted by Gasteiger charge is 2.33. The fourth-order valence-electron chi connectivity index (χ4n) is 4.52. The van der Waals surface area contributed by atoms with Crippen LogP contribution in [-0.2, 0) is 26.2 Å². The Hall–Kier alpha value is -2.49. The first-order valence-electron chi connectivity index (χ1n) is 12.2. The number of methoxy groups -OCH3 is 1. The fraction of sp³-hybridized carbons (Fsp3) is 0.462. The molecule has 8 nitrogen and oxygen atoms in total. The van der Waals surface area contributed by atoms with Crippen LogP contribution < -0.4 is 14.4 Å². The number of benzene rings is 2. The molecule has 11 heteroatoms. The van der Waals surface area contributed by atoms with Crippen molar-refractivity contribution in [3.63, 3.8) is 0 Å². The molecule has 0 aliphatic heterocycles. The smallest absolute Gasteiger partial charge is 0.244 e. The number of nitrogens with one attached hydrogen (secondary N) is 1. The molecular formula is C26H33Cl2N3O5S. The van der Waals surface area contributed by atoms with Crippen LogP contribution >= 0.6 is 23.2 Å². The highest BCUT2D eigenvalue weighted by atomic mass is 35.5. The first-order chi connectivity index (χ1) is 17.5. The topological polar surface area (TPSA) is 96.0 Å². The van der Waals surface area contributed by atoms with Gasteiger partial charge in [0.15, 0.2) is 0 Å². The van der Waals surface area contributed by atoms with Crippen molar-refractivity contribution < 1.29 is 22.7 Å². The molecular weight excluding hydrogens is 537 g/mol. The van der Waals surface area contributed by atoms with Crippen LogP contribution in [0.4, 0.5) is 5.69 Å². The first kappa shape index (κ1) is 29.1. The molecule has 0 spiro atoms. The van der Waals surface area contributed by atoms with Gasteiger partial charge in [0.1, 0.15) is 18.3 Å². The van der Waals surface area contributed by atoms with E-state index in [9.17, 15) is 18.0 Å². The third-order valence-corrected chi connectivity index (χ3v) is 8.29. The van der Waals surface area contributed by atoms with Crippen molar-refractivity contribution in [3.05, 3.63) is 58.1 Å². The lowest BCUT2D eigenvalue weighted by Crippen LogP contribution is -2.53. The molecule has 0 heterocycles. The predicted octanol–water partition coefficient (Wildman–Crippen LogP) is 4.63. The summed E-state index contributed by atoms with van der Waals surface area (Å²) in [6.45, 7) is 1.36. The maximum Gasteiger partial charge on any atom is 0.244 e. The molecule has 1 unspecified atom stereocenters. The van der Waals surface area contributed by atoms with Gasteiger partial charge in [0, 0.05) is 17.6 Å². The average molecular weight is 571 g/mol. The second kappa shape index (κ2) is 12.8. The van der Waals surface area contributed by atoms with Gasteiger partial charge in [-0.1, -0.05) is 61.2 Å². The maximum atomic E-state index is 13.8. The zero-order chi connectivity index (χ0) is 27.2. The van der Waals surface area contributed by atoms with Crippen molar-refractivity contribution in [2.45, 2.75) is 57.7 Å². The molecule has 1 N–H and O–H groups in total. The van der Waals surface area contributed by atoms with Crippen LogP contribution in [0, 0.1) is 0 Å². The molecule has 0 saturated heterocycles. The van der Waals surface area contributed by atoms with E-state index >= 15 is 0 Å². The van der Waals surface area contributed by atoms with E-state index in [1.165, 1.54) is 30.2 Å². The number of sulfonamides is 1. The zero-order valence-electron chi connectivity index (χ0n) is 21.2. The average Bonchev–Trinajstić information content (AvgIpc) is 3.35. The Balaban J connectivity index is 1.95. The highest BCUT2D eigenvalue weighted by molar-refractivity contribution is 7.92. The number of anilines is 1. The third-order valence-electron chi connectivity index (χ3n) is 6.49. The van der Waals surface area contributed by atoms with Gasteiger partial charge in [-0.2, -0.15) is 0 Å². The molecule has 2 amide bonds. The molecule has 3 rings (SSSR count). The summed E-state index contributed by atoms with van der Waals surface area (Å²) in [7, 11) is -2.42. The summed E-state index contributed by atoms with van der Waals surface area (Å²) >= 11 is 12.6. The molecule has 1 aliphatic rings. The lowest BCUT2D eigenvalue weighted by atomic mass is 10.1. The number of nitrogens with zero attached hydrogens (tertiary/aromatic N) is 2. The Kier molecular flexibility index (Phi) is 10.1. The van der Waals surface area contributed by atoms with Crippen molar-refractivity contribution in [1.29, 1.82) is 0 Å². The van der Waals surface area contributed by atoms with E-state index in [-0.39, 0.29) is 29.2 Å². The van der Waals surface area contributed by atoms with Crippen LogP contribution in [-0.4, -0.2) is 57.1 Å². The number of carbonyl (C=O) groups excluding carboxylic acids is 2. The Morgan fingerprint density at radius 1 is 1.11 bits per heavy atom. The summed E-state index contributed by atoms with van der Waals surface area (Å²) in [5.41, 5.74) is 0.867. The number of amides is 2. The van der Waals surface area contributed by atoms with Gasteiger partial charge in [-0.25, -0.2) is 8.42 Å². The Labute approximate surface area is 228 Å². The van der Waals surface area contributed by atoms with Crippen LogP contribution in [0.2, 0.25) is 10.0 Å². The van der Waals surface area contributed by atoms with Crippen molar-refractivity contribution in [2.75, 3.05) is 24.2 Å². The summed E-state index contributed by atoms with van der Waals surface area (Å²) in [4.78, 5) is 28.5. The van der Waals surface area contributed by atoms with E-state index < -0.39 is 28.5 Å². The van der Waals surface area contributed by atoms with Gasteiger partial charge in [-0.3, -0.25) is 13.9 Å². The molecule has 1 fully saturated rings. The lowest BCUT2D eigenvalue weighted by molar-refractivity contribution is -0.140. The van der Waals surface area contributed by atoms with Crippen LogP contribution in [0.1, 0.15) is 44.6 Å². The third kappa shape index (κ3) is 7.52. The van der Waals surface area contributed by atoms with Crippen molar-refractivity contribution in [3.8, 4) is 5.75 Å². The second-order valence-electron chi connectivity index (χ2n) is 9.12. The summed E-state index contributed by atoms with van der Waals surface area (Å²) in [6.07, 6.45) is 5.28. The normalized spacial score (nSPS) is 14.7. The Bertz CT molecular complexity index is 1220. The Morgan fingerprint density at radius 3 is 2.35 bits per heavy atom. The minimum atomic E-state index is -3.88. The largest absolute Gasteiger partial charge is 0.495 e. The zero-order valence-corrected chi connectivity index (χ0v) is 23.6. The molecule has 2 aromatic carbocycles. The van der Waals surface area contributed by atoms with Crippen LogP contribution in [0.25, 0.3) is 0 Å². The first-order valence-corrected chi connectivity index (χ1v) is 14.8. The van der Waals surface area contributed by atoms with E-state index in [4.69, 9.17) is 27.9 Å². The maximum absolute atomic E-state index is 13.8. The molecule has 1 atom stereocenters. The summed E-state index contributed by atoms with van der Waals surface area (Å²) in [6, 6.07) is 10.8. The van der Waals surface area contributed by atoms with E-state index in [2.05, 4.69) is 5.32 Å². The second-order valence-corrected chi connectivity index (χ2v) is 11.8.